The Balaban J connectivity index is 1.66. The summed E-state index contributed by atoms with van der Waals surface area (Å²) in [7, 11) is -0.837. The number of esters is 1. The highest BCUT2D eigenvalue weighted by Gasteiger charge is 2.33. The summed E-state index contributed by atoms with van der Waals surface area (Å²) in [5, 5.41) is 0. The molecule has 180 valence electrons. The van der Waals surface area contributed by atoms with Gasteiger partial charge < -0.3 is 14.0 Å². The van der Waals surface area contributed by atoms with Crippen LogP contribution in [0.25, 0.3) is 10.2 Å². The smallest absolute Gasteiger partial charge is 0.325 e. The third-order valence-corrected chi connectivity index (χ3v) is 8.65. The summed E-state index contributed by atoms with van der Waals surface area (Å²) in [6.45, 7) is 0.315. The van der Waals surface area contributed by atoms with Crippen LogP contribution in [0, 0.1) is 5.92 Å². The lowest BCUT2D eigenvalue weighted by Gasteiger charge is -2.30. The minimum absolute atomic E-state index is 0.0648. The molecule has 0 bridgehead atoms. The van der Waals surface area contributed by atoms with E-state index in [1.807, 2.05) is 6.07 Å². The molecule has 1 aromatic heterocycles. The summed E-state index contributed by atoms with van der Waals surface area (Å²) in [5.74, 6) is -0.809. The predicted octanol–water partition coefficient (Wildman–Crippen LogP) is 2.41. The van der Waals surface area contributed by atoms with Gasteiger partial charge >= 0.3 is 5.97 Å². The van der Waals surface area contributed by atoms with E-state index < -0.39 is 27.8 Å². The Labute approximate surface area is 201 Å². The lowest BCUT2D eigenvalue weighted by atomic mass is 9.99. The predicted molar refractivity (Wildman–Crippen MR) is 127 cm³/mol. The van der Waals surface area contributed by atoms with Crippen LogP contribution in [0.3, 0.4) is 0 Å². The average molecular weight is 504 g/mol. The standard InChI is InChI=1S/C23H25N3O6S2/c1-31-17-10-11-19-20(13-17)33-23(26(19)15-21(27)32-2)24-22(28)16-7-6-12-25(14-16)34(29,30)18-8-4-3-5-9-18/h3-5,8-11,13,16H,6-7,12,14-15H2,1-2H3. The van der Waals surface area contributed by atoms with Gasteiger partial charge in [-0.3, -0.25) is 9.59 Å². The molecule has 0 spiro atoms. The van der Waals surface area contributed by atoms with Crippen molar-refractivity contribution in [2.75, 3.05) is 27.3 Å². The number of rotatable bonds is 6. The molecule has 1 atom stereocenters. The Bertz CT molecular complexity index is 1380. The molecule has 1 unspecified atom stereocenters. The van der Waals surface area contributed by atoms with Gasteiger partial charge in [-0.1, -0.05) is 29.5 Å². The fourth-order valence-corrected chi connectivity index (χ4v) is 6.51. The molecular formula is C23H25N3O6S2. The van der Waals surface area contributed by atoms with Gasteiger partial charge in [0.05, 0.1) is 35.2 Å². The number of aromatic nitrogens is 1. The van der Waals surface area contributed by atoms with Crippen LogP contribution in [0.4, 0.5) is 0 Å². The first-order valence-corrected chi connectivity index (χ1v) is 13.0. The van der Waals surface area contributed by atoms with Crippen molar-refractivity contribution in [1.82, 2.24) is 8.87 Å². The van der Waals surface area contributed by atoms with Gasteiger partial charge in [-0.15, -0.1) is 0 Å². The van der Waals surface area contributed by atoms with E-state index >= 15 is 0 Å². The Hall–Kier alpha value is -3.02. The number of nitrogens with zero attached hydrogens (tertiary/aromatic N) is 3. The molecule has 0 aliphatic carbocycles. The molecule has 2 heterocycles. The van der Waals surface area contributed by atoms with Gasteiger partial charge in [-0.05, 0) is 43.2 Å². The van der Waals surface area contributed by atoms with Gasteiger partial charge in [-0.25, -0.2) is 8.42 Å². The third-order valence-electron chi connectivity index (χ3n) is 5.72. The number of ether oxygens (including phenoxy) is 2. The van der Waals surface area contributed by atoms with Crippen LogP contribution in [-0.2, 0) is 30.9 Å². The van der Waals surface area contributed by atoms with Crippen LogP contribution in [-0.4, -0.2) is 56.5 Å². The summed E-state index contributed by atoms with van der Waals surface area (Å²) in [4.78, 5) is 30.0. The molecule has 1 aliphatic rings. The molecular weight excluding hydrogens is 478 g/mol. The number of fused-ring (bicyclic) bond motifs is 1. The molecule has 1 amide bonds. The van der Waals surface area contributed by atoms with Crippen molar-refractivity contribution in [2.45, 2.75) is 24.3 Å². The normalized spacial score (nSPS) is 17.6. The highest BCUT2D eigenvalue weighted by Crippen LogP contribution is 2.26. The molecule has 0 N–H and O–H groups in total. The van der Waals surface area contributed by atoms with Gasteiger partial charge in [0.1, 0.15) is 12.3 Å². The summed E-state index contributed by atoms with van der Waals surface area (Å²) in [6, 6.07) is 13.6. The van der Waals surface area contributed by atoms with Gasteiger partial charge in [0.15, 0.2) is 4.80 Å². The lowest BCUT2D eigenvalue weighted by molar-refractivity contribution is -0.141. The SMILES string of the molecule is COC(=O)Cn1c(=NC(=O)C2CCCN(S(=O)(=O)c3ccccc3)C2)sc2cc(OC)ccc21. The molecule has 34 heavy (non-hydrogen) atoms. The van der Waals surface area contributed by atoms with Crippen molar-refractivity contribution in [1.29, 1.82) is 0 Å². The fourth-order valence-electron chi connectivity index (χ4n) is 3.90. The first-order chi connectivity index (χ1) is 16.3. The minimum atomic E-state index is -3.70. The maximum Gasteiger partial charge on any atom is 0.325 e. The number of benzene rings is 2. The Morgan fingerprint density at radius 3 is 2.62 bits per heavy atom. The summed E-state index contributed by atoms with van der Waals surface area (Å²) < 4.78 is 39.9. The van der Waals surface area contributed by atoms with Gasteiger partial charge in [0.2, 0.25) is 10.0 Å². The number of amides is 1. The van der Waals surface area contributed by atoms with Crippen LogP contribution in [0.2, 0.25) is 0 Å². The summed E-state index contributed by atoms with van der Waals surface area (Å²) >= 11 is 1.26. The maximum atomic E-state index is 13.1. The van der Waals surface area contributed by atoms with Crippen molar-refractivity contribution in [3.63, 3.8) is 0 Å². The largest absolute Gasteiger partial charge is 0.497 e. The minimum Gasteiger partial charge on any atom is -0.497 e. The molecule has 3 aromatic rings. The molecule has 1 aliphatic heterocycles. The van der Waals surface area contributed by atoms with Gasteiger partial charge in [0.25, 0.3) is 5.91 Å². The molecule has 1 fully saturated rings. The number of methoxy groups -OCH3 is 2. The first kappa shape index (κ1) is 24.1. The van der Waals surface area contributed by atoms with Crippen molar-refractivity contribution in [3.05, 3.63) is 53.3 Å². The number of thiazole rings is 1. The molecule has 11 heteroatoms. The second-order valence-corrected chi connectivity index (χ2v) is 10.8. The number of piperidine rings is 1. The van der Waals surface area contributed by atoms with E-state index in [-0.39, 0.29) is 18.0 Å². The van der Waals surface area contributed by atoms with Crippen LogP contribution in [0.1, 0.15) is 12.8 Å². The first-order valence-electron chi connectivity index (χ1n) is 10.7. The van der Waals surface area contributed by atoms with Crippen LogP contribution >= 0.6 is 11.3 Å². The lowest BCUT2D eigenvalue weighted by Crippen LogP contribution is -2.42. The zero-order valence-corrected chi connectivity index (χ0v) is 20.5. The van der Waals surface area contributed by atoms with Crippen LogP contribution < -0.4 is 9.54 Å². The highest BCUT2D eigenvalue weighted by atomic mass is 32.2. The van der Waals surface area contributed by atoms with E-state index in [1.165, 1.54) is 22.8 Å². The Kier molecular flexibility index (Phi) is 7.15. The number of hydrogen-bond acceptors (Lipinski definition) is 7. The van der Waals surface area contributed by atoms with Crippen molar-refractivity contribution >= 4 is 43.5 Å². The summed E-state index contributed by atoms with van der Waals surface area (Å²) in [5.41, 5.74) is 0.722. The molecule has 9 nitrogen and oxygen atoms in total. The number of hydrogen-bond donors (Lipinski definition) is 0. The Morgan fingerprint density at radius 2 is 1.91 bits per heavy atom. The Morgan fingerprint density at radius 1 is 1.15 bits per heavy atom. The third kappa shape index (κ3) is 4.91. The van der Waals surface area contributed by atoms with Crippen molar-refractivity contribution < 1.29 is 27.5 Å². The molecule has 0 saturated carbocycles. The molecule has 0 radical (unpaired) electrons. The second-order valence-electron chi connectivity index (χ2n) is 7.85. The van der Waals surface area contributed by atoms with Crippen LogP contribution in [0.5, 0.6) is 5.75 Å². The van der Waals surface area contributed by atoms with Gasteiger partial charge in [-0.2, -0.15) is 9.30 Å². The van der Waals surface area contributed by atoms with Crippen LogP contribution in [0.15, 0.2) is 58.4 Å². The van der Waals surface area contributed by atoms with E-state index in [2.05, 4.69) is 4.99 Å². The van der Waals surface area contributed by atoms with Gasteiger partial charge in [0, 0.05) is 13.1 Å². The highest BCUT2D eigenvalue weighted by molar-refractivity contribution is 7.89. The maximum absolute atomic E-state index is 13.1. The quantitative estimate of drug-likeness (QED) is 0.478. The number of sulfonamides is 1. The average Bonchev–Trinajstić information content (AvgIpc) is 3.20. The fraction of sp³-hybridized carbons (Fsp3) is 0.348. The zero-order chi connectivity index (χ0) is 24.3. The van der Waals surface area contributed by atoms with E-state index in [1.54, 1.807) is 54.1 Å². The molecule has 2 aromatic carbocycles. The van der Waals surface area contributed by atoms with E-state index in [9.17, 15) is 18.0 Å². The number of carbonyl (C=O) groups is 2. The second kappa shape index (κ2) is 10.1. The summed E-state index contributed by atoms with van der Waals surface area (Å²) in [6.07, 6.45) is 1.10. The molecule has 4 rings (SSSR count). The van der Waals surface area contributed by atoms with E-state index in [0.717, 1.165) is 10.2 Å². The van der Waals surface area contributed by atoms with Crippen molar-refractivity contribution in [2.24, 2.45) is 10.9 Å². The topological polar surface area (TPSA) is 107 Å². The van der Waals surface area contributed by atoms with E-state index in [4.69, 9.17) is 9.47 Å². The van der Waals surface area contributed by atoms with E-state index in [0.29, 0.717) is 29.9 Å². The monoisotopic (exact) mass is 503 g/mol. The zero-order valence-electron chi connectivity index (χ0n) is 18.8. The number of carbonyl (C=O) groups excluding carboxylic acids is 2. The van der Waals surface area contributed by atoms with Crippen molar-refractivity contribution in [3.8, 4) is 5.75 Å². The molecule has 1 saturated heterocycles.